The number of rotatable bonds is 4. The Morgan fingerprint density at radius 1 is 1.30 bits per heavy atom. The summed E-state index contributed by atoms with van der Waals surface area (Å²) in [6.45, 7) is 0. The molecule has 2 rings (SSSR count). The average Bonchev–Trinajstić information content (AvgIpc) is 2.40. The molecule has 0 aliphatic heterocycles. The second-order valence-corrected chi connectivity index (χ2v) is 4.67. The van der Waals surface area contributed by atoms with E-state index in [0.717, 1.165) is 5.56 Å². The zero-order chi connectivity index (χ0) is 14.5. The summed E-state index contributed by atoms with van der Waals surface area (Å²) in [6.07, 6.45) is 0.123. The van der Waals surface area contributed by atoms with Crippen LogP contribution >= 0.6 is 23.2 Å². The van der Waals surface area contributed by atoms with Gasteiger partial charge in [-0.25, -0.2) is 4.98 Å². The van der Waals surface area contributed by atoms with Crippen molar-refractivity contribution in [3.8, 4) is 5.88 Å². The molecule has 7 heteroatoms. The zero-order valence-electron chi connectivity index (χ0n) is 10.6. The van der Waals surface area contributed by atoms with E-state index in [-0.39, 0.29) is 29.3 Å². The van der Waals surface area contributed by atoms with Crippen molar-refractivity contribution in [1.29, 1.82) is 0 Å². The van der Waals surface area contributed by atoms with Crippen LogP contribution in [0.4, 0.5) is 5.95 Å². The summed E-state index contributed by atoms with van der Waals surface area (Å²) < 4.78 is 4.95. The van der Waals surface area contributed by atoms with E-state index in [1.165, 1.54) is 13.2 Å². The van der Waals surface area contributed by atoms with Crippen molar-refractivity contribution in [1.82, 2.24) is 9.97 Å². The highest BCUT2D eigenvalue weighted by Crippen LogP contribution is 2.18. The lowest BCUT2D eigenvalue weighted by atomic mass is 10.1. The summed E-state index contributed by atoms with van der Waals surface area (Å²) in [5, 5.41) is 3.27. The van der Waals surface area contributed by atoms with Gasteiger partial charge in [-0.15, -0.1) is 0 Å². The molecule has 0 saturated heterocycles. The van der Waals surface area contributed by atoms with E-state index in [4.69, 9.17) is 27.9 Å². The van der Waals surface area contributed by atoms with Gasteiger partial charge in [-0.05, 0) is 11.6 Å². The van der Waals surface area contributed by atoms with Crippen LogP contribution in [-0.2, 0) is 11.2 Å². The Kier molecular flexibility index (Phi) is 4.76. The van der Waals surface area contributed by atoms with E-state index < -0.39 is 0 Å². The summed E-state index contributed by atoms with van der Waals surface area (Å²) >= 11 is 11.8. The normalized spacial score (nSPS) is 10.2. The van der Waals surface area contributed by atoms with Gasteiger partial charge < -0.3 is 4.74 Å². The van der Waals surface area contributed by atoms with Crippen molar-refractivity contribution < 1.29 is 9.53 Å². The molecule has 0 radical (unpaired) electrons. The van der Waals surface area contributed by atoms with Gasteiger partial charge in [0.2, 0.25) is 17.7 Å². The van der Waals surface area contributed by atoms with Gasteiger partial charge in [0.05, 0.1) is 13.5 Å². The number of anilines is 1. The van der Waals surface area contributed by atoms with Crippen LogP contribution in [0, 0.1) is 0 Å². The molecule has 1 aromatic heterocycles. The van der Waals surface area contributed by atoms with Crippen LogP contribution in [0.5, 0.6) is 5.88 Å². The topological polar surface area (TPSA) is 64.1 Å². The second-order valence-electron chi connectivity index (χ2n) is 3.87. The minimum Gasteiger partial charge on any atom is -0.481 e. The number of ether oxygens (including phenoxy) is 1. The predicted octanol–water partition coefficient (Wildman–Crippen LogP) is 2.97. The van der Waals surface area contributed by atoms with Crippen molar-refractivity contribution >= 4 is 35.1 Å². The Hall–Kier alpha value is -1.85. The Bertz CT molecular complexity index is 635. The number of carbonyl (C=O) groups is 1. The van der Waals surface area contributed by atoms with Crippen molar-refractivity contribution in [3.63, 3.8) is 0 Å². The Labute approximate surface area is 125 Å². The molecular weight excluding hydrogens is 301 g/mol. The third-order valence-electron chi connectivity index (χ3n) is 2.44. The van der Waals surface area contributed by atoms with Crippen LogP contribution in [-0.4, -0.2) is 23.0 Å². The van der Waals surface area contributed by atoms with E-state index in [1.54, 1.807) is 18.2 Å². The SMILES string of the molecule is COc1cc(Cl)nc(NC(=O)Cc2ccccc2Cl)n1. The summed E-state index contributed by atoms with van der Waals surface area (Å²) in [7, 11) is 1.45. The first kappa shape index (κ1) is 14.6. The van der Waals surface area contributed by atoms with Crippen LogP contribution < -0.4 is 10.1 Å². The predicted molar refractivity (Wildman–Crippen MR) is 77.4 cm³/mol. The van der Waals surface area contributed by atoms with E-state index in [2.05, 4.69) is 15.3 Å². The molecular formula is C13H11Cl2N3O2. The van der Waals surface area contributed by atoms with Gasteiger partial charge in [0.1, 0.15) is 5.15 Å². The molecule has 0 spiro atoms. The maximum atomic E-state index is 11.9. The summed E-state index contributed by atoms with van der Waals surface area (Å²) in [5.74, 6) is 0.0758. The molecule has 1 amide bonds. The molecule has 1 heterocycles. The van der Waals surface area contributed by atoms with Crippen LogP contribution in [0.1, 0.15) is 5.56 Å². The minimum atomic E-state index is -0.289. The quantitative estimate of drug-likeness (QED) is 0.882. The molecule has 0 unspecified atom stereocenters. The highest BCUT2D eigenvalue weighted by atomic mass is 35.5. The van der Waals surface area contributed by atoms with Gasteiger partial charge in [-0.3, -0.25) is 10.1 Å². The first-order valence-electron chi connectivity index (χ1n) is 5.70. The number of hydrogen-bond donors (Lipinski definition) is 1. The standard InChI is InChI=1S/C13H11Cl2N3O2/c1-20-12-7-10(15)16-13(18-12)17-11(19)6-8-4-2-3-5-9(8)14/h2-5,7H,6H2,1H3,(H,16,17,18,19). The first-order valence-corrected chi connectivity index (χ1v) is 6.46. The molecule has 0 saturated carbocycles. The summed E-state index contributed by atoms with van der Waals surface area (Å²) in [4.78, 5) is 19.8. The van der Waals surface area contributed by atoms with E-state index in [0.29, 0.717) is 5.02 Å². The number of carbonyl (C=O) groups excluding carboxylic acids is 1. The third-order valence-corrected chi connectivity index (χ3v) is 3.00. The number of nitrogens with one attached hydrogen (secondary N) is 1. The van der Waals surface area contributed by atoms with Gasteiger partial charge in [0, 0.05) is 11.1 Å². The molecule has 2 aromatic rings. The highest BCUT2D eigenvalue weighted by Gasteiger charge is 2.10. The molecule has 20 heavy (non-hydrogen) atoms. The molecule has 0 aliphatic carbocycles. The van der Waals surface area contributed by atoms with Gasteiger partial charge in [0.15, 0.2) is 0 Å². The maximum absolute atomic E-state index is 11.9. The number of aromatic nitrogens is 2. The molecule has 0 atom stereocenters. The third kappa shape index (κ3) is 3.82. The number of hydrogen-bond acceptors (Lipinski definition) is 4. The van der Waals surface area contributed by atoms with Crippen molar-refractivity contribution in [2.45, 2.75) is 6.42 Å². The lowest BCUT2D eigenvalue weighted by Gasteiger charge is -2.06. The molecule has 104 valence electrons. The molecule has 0 fully saturated rings. The first-order chi connectivity index (χ1) is 9.58. The minimum absolute atomic E-state index is 0.0893. The van der Waals surface area contributed by atoms with E-state index >= 15 is 0 Å². The number of halogens is 2. The van der Waals surface area contributed by atoms with Crippen LogP contribution in [0.25, 0.3) is 0 Å². The smallest absolute Gasteiger partial charge is 0.234 e. The number of methoxy groups -OCH3 is 1. The summed E-state index contributed by atoms with van der Waals surface area (Å²) in [6, 6.07) is 8.57. The monoisotopic (exact) mass is 311 g/mol. The molecule has 1 aromatic carbocycles. The Morgan fingerprint density at radius 2 is 2.05 bits per heavy atom. The average molecular weight is 312 g/mol. The van der Waals surface area contributed by atoms with Crippen molar-refractivity contribution in [3.05, 3.63) is 46.1 Å². The van der Waals surface area contributed by atoms with Crippen LogP contribution in [0.2, 0.25) is 10.2 Å². The van der Waals surface area contributed by atoms with Gasteiger partial charge >= 0.3 is 0 Å². The number of nitrogens with zero attached hydrogens (tertiary/aromatic N) is 2. The zero-order valence-corrected chi connectivity index (χ0v) is 12.1. The van der Waals surface area contributed by atoms with E-state index in [9.17, 15) is 4.79 Å². The van der Waals surface area contributed by atoms with Gasteiger partial charge in [0.25, 0.3) is 0 Å². The molecule has 5 nitrogen and oxygen atoms in total. The van der Waals surface area contributed by atoms with Crippen molar-refractivity contribution in [2.75, 3.05) is 12.4 Å². The molecule has 1 N–H and O–H groups in total. The Morgan fingerprint density at radius 3 is 2.75 bits per heavy atom. The van der Waals surface area contributed by atoms with Gasteiger partial charge in [-0.1, -0.05) is 41.4 Å². The molecule has 0 aliphatic rings. The fourth-order valence-corrected chi connectivity index (χ4v) is 1.92. The van der Waals surface area contributed by atoms with Crippen LogP contribution in [0.15, 0.2) is 30.3 Å². The van der Waals surface area contributed by atoms with Crippen LogP contribution in [0.3, 0.4) is 0 Å². The Balaban J connectivity index is 2.08. The summed E-state index contributed by atoms with van der Waals surface area (Å²) in [5.41, 5.74) is 0.723. The highest BCUT2D eigenvalue weighted by molar-refractivity contribution is 6.31. The van der Waals surface area contributed by atoms with E-state index in [1.807, 2.05) is 6.07 Å². The number of benzene rings is 1. The fourth-order valence-electron chi connectivity index (χ4n) is 1.54. The number of amides is 1. The van der Waals surface area contributed by atoms with Gasteiger partial charge in [-0.2, -0.15) is 4.98 Å². The lowest BCUT2D eigenvalue weighted by Crippen LogP contribution is -2.16. The largest absolute Gasteiger partial charge is 0.481 e. The van der Waals surface area contributed by atoms with Crippen molar-refractivity contribution in [2.24, 2.45) is 0 Å². The molecule has 0 bridgehead atoms. The second kappa shape index (κ2) is 6.54. The maximum Gasteiger partial charge on any atom is 0.234 e. The fraction of sp³-hybridized carbons (Fsp3) is 0.154. The lowest BCUT2D eigenvalue weighted by molar-refractivity contribution is -0.115.